The smallest absolute Gasteiger partial charge is 0.243 e. The van der Waals surface area contributed by atoms with E-state index in [2.05, 4.69) is 19.0 Å². The van der Waals surface area contributed by atoms with Crippen LogP contribution in [0.15, 0.2) is 34.9 Å². The van der Waals surface area contributed by atoms with Crippen LogP contribution in [-0.2, 0) is 0 Å². The Kier molecular flexibility index (Phi) is 5.88. The molecular formula is C13H18N2O2S. The summed E-state index contributed by atoms with van der Waals surface area (Å²) < 4.78 is 0. The summed E-state index contributed by atoms with van der Waals surface area (Å²) in [6.45, 7) is 2.53. The molecular weight excluding hydrogens is 248 g/mol. The fourth-order valence-corrected chi connectivity index (χ4v) is 2.32. The Morgan fingerprint density at radius 1 is 1.39 bits per heavy atom. The maximum atomic E-state index is 10.5. The zero-order valence-corrected chi connectivity index (χ0v) is 11.7. The average Bonchev–Trinajstić information content (AvgIpc) is 2.30. The van der Waals surface area contributed by atoms with Gasteiger partial charge in [-0.1, -0.05) is 12.1 Å². The summed E-state index contributed by atoms with van der Waals surface area (Å²) in [5, 5.41) is 10.5. The van der Waals surface area contributed by atoms with Crippen molar-refractivity contribution in [2.75, 3.05) is 26.4 Å². The molecule has 18 heavy (non-hydrogen) atoms. The lowest BCUT2D eigenvalue weighted by atomic mass is 10.2. The molecule has 0 saturated heterocycles. The highest BCUT2D eigenvalue weighted by atomic mass is 32.2. The van der Waals surface area contributed by atoms with E-state index in [0.29, 0.717) is 0 Å². The molecule has 5 heteroatoms. The van der Waals surface area contributed by atoms with Crippen LogP contribution in [0.4, 0.5) is 0 Å². The van der Waals surface area contributed by atoms with Gasteiger partial charge in [0.15, 0.2) is 0 Å². The molecule has 0 N–H and O–H groups in total. The van der Waals surface area contributed by atoms with Crippen molar-refractivity contribution >= 4 is 17.8 Å². The molecule has 0 aliphatic rings. The van der Waals surface area contributed by atoms with Crippen molar-refractivity contribution in [2.45, 2.75) is 11.8 Å². The second-order valence-electron chi connectivity index (χ2n) is 4.26. The number of nitrogens with zero attached hydrogens (tertiary/aromatic N) is 2. The SMILES string of the molecule is C/C(=C/c1ccc(SCCN(C)C)cc1)[N+](=O)[O-]. The van der Waals surface area contributed by atoms with Gasteiger partial charge in [-0.15, -0.1) is 11.8 Å². The number of benzene rings is 1. The third kappa shape index (κ3) is 5.33. The molecule has 4 nitrogen and oxygen atoms in total. The molecule has 98 valence electrons. The number of hydrogen-bond acceptors (Lipinski definition) is 4. The summed E-state index contributed by atoms with van der Waals surface area (Å²) >= 11 is 1.79. The largest absolute Gasteiger partial charge is 0.309 e. The van der Waals surface area contributed by atoms with E-state index in [4.69, 9.17) is 0 Å². The first-order valence-corrected chi connectivity index (χ1v) is 6.68. The molecule has 0 atom stereocenters. The molecule has 1 aromatic carbocycles. The predicted molar refractivity (Wildman–Crippen MR) is 76.4 cm³/mol. The fourth-order valence-electron chi connectivity index (χ4n) is 1.30. The average molecular weight is 266 g/mol. The Bertz CT molecular complexity index is 427. The van der Waals surface area contributed by atoms with Crippen LogP contribution in [0.2, 0.25) is 0 Å². The summed E-state index contributed by atoms with van der Waals surface area (Å²) in [5.41, 5.74) is 1.02. The highest BCUT2D eigenvalue weighted by molar-refractivity contribution is 7.99. The molecule has 0 radical (unpaired) electrons. The van der Waals surface area contributed by atoms with Crippen molar-refractivity contribution in [1.29, 1.82) is 0 Å². The quantitative estimate of drug-likeness (QED) is 0.451. The van der Waals surface area contributed by atoms with Crippen LogP contribution in [0.5, 0.6) is 0 Å². The molecule has 0 aliphatic heterocycles. The third-order valence-corrected chi connectivity index (χ3v) is 3.34. The Labute approximate surface area is 112 Å². The van der Waals surface area contributed by atoms with Crippen molar-refractivity contribution < 1.29 is 4.92 Å². The van der Waals surface area contributed by atoms with Crippen molar-refractivity contribution in [2.24, 2.45) is 0 Å². The van der Waals surface area contributed by atoms with E-state index in [1.807, 2.05) is 24.3 Å². The molecule has 0 aliphatic carbocycles. The lowest BCUT2D eigenvalue weighted by Crippen LogP contribution is -2.14. The molecule has 0 saturated carbocycles. The summed E-state index contributed by atoms with van der Waals surface area (Å²) in [4.78, 5) is 13.5. The van der Waals surface area contributed by atoms with Gasteiger partial charge in [0.25, 0.3) is 0 Å². The maximum absolute atomic E-state index is 10.5. The summed E-state index contributed by atoms with van der Waals surface area (Å²) in [7, 11) is 4.10. The molecule has 0 heterocycles. The standard InChI is InChI=1S/C13H18N2O2S/c1-11(15(16)17)10-12-4-6-13(7-5-12)18-9-8-14(2)3/h4-7,10H,8-9H2,1-3H3/b11-10-. The van der Waals surface area contributed by atoms with Crippen LogP contribution in [0.25, 0.3) is 6.08 Å². The number of nitro groups is 1. The minimum absolute atomic E-state index is 0.156. The van der Waals surface area contributed by atoms with Gasteiger partial charge in [-0.05, 0) is 31.8 Å². The van der Waals surface area contributed by atoms with Crippen LogP contribution in [0, 0.1) is 10.1 Å². The van der Waals surface area contributed by atoms with Gasteiger partial charge in [0.1, 0.15) is 0 Å². The number of allylic oxidation sites excluding steroid dienone is 1. The lowest BCUT2D eigenvalue weighted by Gasteiger charge is -2.08. The van der Waals surface area contributed by atoms with Gasteiger partial charge >= 0.3 is 0 Å². The Morgan fingerprint density at radius 2 is 2.00 bits per heavy atom. The minimum Gasteiger partial charge on any atom is -0.309 e. The highest BCUT2D eigenvalue weighted by Gasteiger charge is 2.02. The number of rotatable bonds is 6. The molecule has 0 amide bonds. The van der Waals surface area contributed by atoms with Gasteiger partial charge < -0.3 is 4.90 Å². The van der Waals surface area contributed by atoms with E-state index in [9.17, 15) is 10.1 Å². The van der Waals surface area contributed by atoms with Crippen molar-refractivity contribution in [3.63, 3.8) is 0 Å². The van der Waals surface area contributed by atoms with E-state index < -0.39 is 0 Å². The van der Waals surface area contributed by atoms with Gasteiger partial charge in [0.05, 0.1) is 4.92 Å². The Balaban J connectivity index is 2.58. The van der Waals surface area contributed by atoms with Gasteiger partial charge in [-0.2, -0.15) is 0 Å². The monoisotopic (exact) mass is 266 g/mol. The normalized spacial score (nSPS) is 11.9. The summed E-state index contributed by atoms with van der Waals surface area (Å²) in [6, 6.07) is 7.81. The molecule has 0 fully saturated rings. The second-order valence-corrected chi connectivity index (χ2v) is 5.43. The third-order valence-electron chi connectivity index (χ3n) is 2.35. The maximum Gasteiger partial charge on any atom is 0.243 e. The summed E-state index contributed by atoms with van der Waals surface area (Å²) in [5.74, 6) is 1.04. The van der Waals surface area contributed by atoms with E-state index in [0.717, 1.165) is 17.9 Å². The molecule has 1 rings (SSSR count). The highest BCUT2D eigenvalue weighted by Crippen LogP contribution is 2.19. The molecule has 0 aromatic heterocycles. The van der Waals surface area contributed by atoms with Crippen LogP contribution in [-0.4, -0.2) is 36.2 Å². The fraction of sp³-hybridized carbons (Fsp3) is 0.385. The van der Waals surface area contributed by atoms with Gasteiger partial charge in [0.2, 0.25) is 5.70 Å². The van der Waals surface area contributed by atoms with Gasteiger partial charge in [-0.3, -0.25) is 10.1 Å². The first-order valence-electron chi connectivity index (χ1n) is 5.69. The van der Waals surface area contributed by atoms with E-state index >= 15 is 0 Å². The zero-order chi connectivity index (χ0) is 13.5. The van der Waals surface area contributed by atoms with Crippen LogP contribution < -0.4 is 0 Å². The first-order chi connectivity index (χ1) is 8.49. The topological polar surface area (TPSA) is 46.4 Å². The van der Waals surface area contributed by atoms with Crippen LogP contribution >= 0.6 is 11.8 Å². The Morgan fingerprint density at radius 3 is 2.50 bits per heavy atom. The Hall–Kier alpha value is -1.33. The van der Waals surface area contributed by atoms with Crippen molar-refractivity contribution in [3.8, 4) is 0 Å². The van der Waals surface area contributed by atoms with Crippen molar-refractivity contribution in [3.05, 3.63) is 45.6 Å². The van der Waals surface area contributed by atoms with E-state index in [-0.39, 0.29) is 10.6 Å². The molecule has 0 spiro atoms. The summed E-state index contributed by atoms with van der Waals surface area (Å²) in [6.07, 6.45) is 1.58. The van der Waals surface area contributed by atoms with E-state index in [1.54, 1.807) is 17.8 Å². The predicted octanol–water partition coefficient (Wildman–Crippen LogP) is 2.98. The number of thioether (sulfide) groups is 1. The lowest BCUT2D eigenvalue weighted by molar-refractivity contribution is -0.422. The minimum atomic E-state index is -0.375. The second kappa shape index (κ2) is 7.18. The molecule has 1 aromatic rings. The molecule has 0 bridgehead atoms. The van der Waals surface area contributed by atoms with E-state index in [1.165, 1.54) is 11.8 Å². The number of hydrogen-bond donors (Lipinski definition) is 0. The zero-order valence-electron chi connectivity index (χ0n) is 10.9. The molecule has 0 unspecified atom stereocenters. The first kappa shape index (κ1) is 14.7. The van der Waals surface area contributed by atoms with Crippen molar-refractivity contribution in [1.82, 2.24) is 4.90 Å². The van der Waals surface area contributed by atoms with Crippen LogP contribution in [0.3, 0.4) is 0 Å². The van der Waals surface area contributed by atoms with Gasteiger partial charge in [-0.25, -0.2) is 0 Å². The van der Waals surface area contributed by atoms with Gasteiger partial charge in [0, 0.05) is 30.2 Å². The van der Waals surface area contributed by atoms with Crippen LogP contribution in [0.1, 0.15) is 12.5 Å².